The predicted octanol–water partition coefficient (Wildman–Crippen LogP) is 6.15. The van der Waals surface area contributed by atoms with Crippen molar-refractivity contribution in [2.45, 2.75) is 98.1 Å². The molecule has 1 amide bonds. The third-order valence-corrected chi connectivity index (χ3v) is 7.97. The van der Waals surface area contributed by atoms with E-state index in [2.05, 4.69) is 38.2 Å². The maximum Gasteiger partial charge on any atom is 0.469 e. The number of nitrogens with one attached hydrogen (secondary N) is 1. The molecule has 0 radical (unpaired) electrons. The minimum absolute atomic E-state index is 0.0258. The fourth-order valence-corrected chi connectivity index (χ4v) is 5.92. The Labute approximate surface area is 226 Å². The highest BCUT2D eigenvalue weighted by Crippen LogP contribution is 2.42. The molecule has 0 saturated heterocycles. The zero-order valence-electron chi connectivity index (χ0n) is 23.3. The summed E-state index contributed by atoms with van der Waals surface area (Å²) in [6.07, 6.45) is 16.7. The second-order valence-corrected chi connectivity index (χ2v) is 12.5. The van der Waals surface area contributed by atoms with Crippen molar-refractivity contribution in [1.82, 2.24) is 5.32 Å². The lowest BCUT2D eigenvalue weighted by Gasteiger charge is -2.32. The van der Waals surface area contributed by atoms with Crippen LogP contribution in [-0.2, 0) is 18.7 Å². The first kappa shape index (κ1) is 32.0. The number of rotatable bonds is 11. The maximum atomic E-state index is 12.5. The van der Waals surface area contributed by atoms with Crippen LogP contribution in [0.2, 0.25) is 0 Å². The Morgan fingerprint density at radius 3 is 2.37 bits per heavy atom. The van der Waals surface area contributed by atoms with E-state index in [4.69, 9.17) is 14.3 Å². The van der Waals surface area contributed by atoms with E-state index in [1.807, 2.05) is 25.2 Å². The summed E-state index contributed by atoms with van der Waals surface area (Å²) in [5.74, 6) is -1.55. The van der Waals surface area contributed by atoms with Gasteiger partial charge in [-0.25, -0.2) is 9.36 Å². The zero-order valence-corrected chi connectivity index (χ0v) is 24.2. The molecule has 2 rings (SSSR count). The van der Waals surface area contributed by atoms with Gasteiger partial charge in [0, 0.05) is 6.08 Å². The van der Waals surface area contributed by atoms with Crippen LogP contribution < -0.4 is 5.32 Å². The summed E-state index contributed by atoms with van der Waals surface area (Å²) >= 11 is 0. The molecular formula is C29H44NO7P. The molecule has 0 spiro atoms. The van der Waals surface area contributed by atoms with Gasteiger partial charge in [0.1, 0.15) is 6.04 Å². The number of aliphatic carboxylic acids is 1. The monoisotopic (exact) mass is 549 g/mol. The number of carboxylic acid groups (broad SMARTS) is 1. The molecule has 0 aromatic heterocycles. The molecule has 0 bridgehead atoms. The number of phosphoric ester groups is 1. The predicted molar refractivity (Wildman–Crippen MR) is 149 cm³/mol. The molecular weight excluding hydrogens is 505 g/mol. The highest BCUT2D eigenvalue weighted by Gasteiger charge is 2.31. The molecule has 1 unspecified atom stereocenters. The molecule has 1 atom stereocenters. The van der Waals surface area contributed by atoms with Gasteiger partial charge in [-0.1, -0.05) is 55.4 Å². The van der Waals surface area contributed by atoms with Crippen molar-refractivity contribution in [3.63, 3.8) is 0 Å². The van der Waals surface area contributed by atoms with E-state index in [9.17, 15) is 19.3 Å². The lowest BCUT2D eigenvalue weighted by atomic mass is 9.72. The van der Waals surface area contributed by atoms with Gasteiger partial charge in [0.2, 0.25) is 5.91 Å². The van der Waals surface area contributed by atoms with Gasteiger partial charge >= 0.3 is 13.8 Å². The van der Waals surface area contributed by atoms with E-state index in [0.717, 1.165) is 12.0 Å². The third kappa shape index (κ3) is 11.2. The summed E-state index contributed by atoms with van der Waals surface area (Å²) in [7, 11) is -4.53. The number of amides is 1. The van der Waals surface area contributed by atoms with Gasteiger partial charge in [-0.15, -0.1) is 0 Å². The number of hydrogen-bond acceptors (Lipinski definition) is 4. The molecule has 0 aliphatic heterocycles. The number of carboxylic acids is 1. The van der Waals surface area contributed by atoms with Crippen LogP contribution in [0.1, 0.15) is 86.0 Å². The molecule has 38 heavy (non-hydrogen) atoms. The number of hydrogen-bond donors (Lipinski definition) is 4. The fraction of sp³-hybridized carbons (Fsp3) is 0.586. The Morgan fingerprint density at radius 1 is 1.13 bits per heavy atom. The Kier molecular flexibility index (Phi) is 12.0. The molecule has 8 nitrogen and oxygen atoms in total. The highest BCUT2D eigenvalue weighted by molar-refractivity contribution is 7.46. The van der Waals surface area contributed by atoms with E-state index in [1.54, 1.807) is 6.92 Å². The quantitative estimate of drug-likeness (QED) is 0.138. The molecule has 2 aliphatic carbocycles. The van der Waals surface area contributed by atoms with Gasteiger partial charge in [-0.2, -0.15) is 0 Å². The lowest BCUT2D eigenvalue weighted by molar-refractivity contribution is -0.141. The van der Waals surface area contributed by atoms with Gasteiger partial charge in [-0.3, -0.25) is 9.32 Å². The smallest absolute Gasteiger partial charge is 0.469 e. The van der Waals surface area contributed by atoms with Crippen molar-refractivity contribution in [3.8, 4) is 0 Å². The number of carbonyl (C=O) groups is 2. The van der Waals surface area contributed by atoms with Crippen LogP contribution >= 0.6 is 7.82 Å². The van der Waals surface area contributed by atoms with Crippen LogP contribution in [0.25, 0.3) is 0 Å². The maximum absolute atomic E-state index is 12.5. The number of allylic oxidation sites excluding steroid dienone is 9. The Hall–Kier alpha value is -2.25. The van der Waals surface area contributed by atoms with Crippen molar-refractivity contribution >= 4 is 19.7 Å². The van der Waals surface area contributed by atoms with Crippen LogP contribution in [0.15, 0.2) is 58.7 Å². The van der Waals surface area contributed by atoms with Crippen molar-refractivity contribution in [2.75, 3.05) is 0 Å². The first-order chi connectivity index (χ1) is 17.7. The van der Waals surface area contributed by atoms with E-state index < -0.39 is 31.8 Å². The minimum Gasteiger partial charge on any atom is -0.480 e. The Balaban J connectivity index is 1.89. The van der Waals surface area contributed by atoms with Crippen LogP contribution in [0.5, 0.6) is 0 Å². The van der Waals surface area contributed by atoms with E-state index in [0.29, 0.717) is 31.3 Å². The van der Waals surface area contributed by atoms with Gasteiger partial charge in [0.25, 0.3) is 0 Å². The van der Waals surface area contributed by atoms with Crippen LogP contribution in [0.4, 0.5) is 0 Å². The molecule has 0 heterocycles. The standard InChI is InChI=1S/C29H44NO7P/c1-20(11-16-25-22(3)10-7-17-29(25,4)5)8-6-9-21(2)18-27(31)30-26(28(32)33)19-23-12-14-24(15-13-23)37-38(34,35)36/h6,8-9,11,16,18,23-24,26H,7,10,12-15,17,19H2,1-5H3,(H,30,31)(H,32,33)(H2,34,35,36)/b9-6+,16-11+,20-8+,21-18+. The summed E-state index contributed by atoms with van der Waals surface area (Å²) in [5.41, 5.74) is 4.83. The average Bonchev–Trinajstić information content (AvgIpc) is 2.78. The first-order valence-corrected chi connectivity index (χ1v) is 14.9. The lowest BCUT2D eigenvalue weighted by Crippen LogP contribution is -2.42. The largest absolute Gasteiger partial charge is 0.480 e. The summed E-state index contributed by atoms with van der Waals surface area (Å²) in [5, 5.41) is 12.2. The molecule has 9 heteroatoms. The van der Waals surface area contributed by atoms with E-state index in [-0.39, 0.29) is 17.8 Å². The van der Waals surface area contributed by atoms with Crippen LogP contribution in [-0.4, -0.2) is 38.9 Å². The third-order valence-electron chi connectivity index (χ3n) is 7.40. The molecule has 1 saturated carbocycles. The summed E-state index contributed by atoms with van der Waals surface area (Å²) < 4.78 is 15.8. The zero-order chi connectivity index (χ0) is 28.5. The highest BCUT2D eigenvalue weighted by atomic mass is 31.2. The van der Waals surface area contributed by atoms with Crippen molar-refractivity contribution in [1.29, 1.82) is 0 Å². The normalized spacial score (nSPS) is 24.2. The molecule has 2 aliphatic rings. The Bertz CT molecular complexity index is 1050. The second kappa shape index (κ2) is 14.2. The molecule has 0 aromatic rings. The first-order valence-electron chi connectivity index (χ1n) is 13.3. The molecule has 212 valence electrons. The van der Waals surface area contributed by atoms with E-state index in [1.165, 1.54) is 30.1 Å². The van der Waals surface area contributed by atoms with Crippen molar-refractivity contribution < 1.29 is 33.6 Å². The number of carbonyl (C=O) groups excluding carboxylic acids is 1. The SMILES string of the molecule is CC1=C(/C=C/C(C)=C/C=C/C(C)=C/C(=O)NC(CC2CCC(OP(=O)(O)O)CC2)C(=O)O)C(C)(C)CCC1. The summed E-state index contributed by atoms with van der Waals surface area (Å²) in [6, 6.07) is -1.03. The fourth-order valence-electron chi connectivity index (χ4n) is 5.32. The average molecular weight is 550 g/mol. The van der Waals surface area contributed by atoms with Crippen LogP contribution in [0.3, 0.4) is 0 Å². The van der Waals surface area contributed by atoms with Gasteiger partial charge in [0.05, 0.1) is 6.10 Å². The minimum atomic E-state index is -4.53. The topological polar surface area (TPSA) is 133 Å². The van der Waals surface area contributed by atoms with Crippen molar-refractivity contribution in [3.05, 3.63) is 58.7 Å². The van der Waals surface area contributed by atoms with Crippen molar-refractivity contribution in [2.24, 2.45) is 11.3 Å². The molecule has 1 fully saturated rings. The summed E-state index contributed by atoms with van der Waals surface area (Å²) in [4.78, 5) is 42.1. The van der Waals surface area contributed by atoms with Gasteiger partial charge in [-0.05, 0) is 94.6 Å². The number of phosphoric acid groups is 1. The van der Waals surface area contributed by atoms with Gasteiger partial charge in [0.15, 0.2) is 0 Å². The molecule has 0 aromatic carbocycles. The van der Waals surface area contributed by atoms with E-state index >= 15 is 0 Å². The molecule has 4 N–H and O–H groups in total. The van der Waals surface area contributed by atoms with Gasteiger partial charge < -0.3 is 20.2 Å². The second-order valence-electron chi connectivity index (χ2n) is 11.3. The Morgan fingerprint density at radius 2 is 1.79 bits per heavy atom. The van der Waals surface area contributed by atoms with Crippen LogP contribution in [0, 0.1) is 11.3 Å². The summed E-state index contributed by atoms with van der Waals surface area (Å²) in [6.45, 7) is 10.6.